The molecule has 5 rings (SSSR count). The third-order valence-electron chi connectivity index (χ3n) is 6.50. The summed E-state index contributed by atoms with van der Waals surface area (Å²) < 4.78 is 7.20. The van der Waals surface area contributed by atoms with E-state index < -0.39 is 0 Å². The molecule has 0 radical (unpaired) electrons. The lowest BCUT2D eigenvalue weighted by molar-refractivity contribution is 0.0769. The highest BCUT2D eigenvalue weighted by Crippen LogP contribution is 2.31. The van der Waals surface area contributed by atoms with E-state index in [1.54, 1.807) is 24.6 Å². The molecule has 35 heavy (non-hydrogen) atoms. The molecular formula is C27H31N5O2S. The SMILES string of the molecule is COc1ccc(N2CCCN(C(=O)c3cc(-c4ccc(C)s4)nc4c3cnn4C(C)C)CC2)cc1. The zero-order valence-electron chi connectivity index (χ0n) is 20.7. The summed E-state index contributed by atoms with van der Waals surface area (Å²) in [5.41, 5.74) is 3.43. The van der Waals surface area contributed by atoms with E-state index in [1.165, 1.54) is 4.88 Å². The van der Waals surface area contributed by atoms with Crippen molar-refractivity contribution < 1.29 is 9.53 Å². The minimum Gasteiger partial charge on any atom is -0.497 e. The van der Waals surface area contributed by atoms with E-state index in [9.17, 15) is 4.79 Å². The largest absolute Gasteiger partial charge is 0.497 e. The van der Waals surface area contributed by atoms with E-state index in [1.807, 2.05) is 27.8 Å². The lowest BCUT2D eigenvalue weighted by Crippen LogP contribution is -2.35. The van der Waals surface area contributed by atoms with Gasteiger partial charge in [-0.2, -0.15) is 5.10 Å². The molecule has 7 nitrogen and oxygen atoms in total. The summed E-state index contributed by atoms with van der Waals surface area (Å²) in [6.45, 7) is 9.34. The molecule has 1 fully saturated rings. The minimum absolute atomic E-state index is 0.0480. The summed E-state index contributed by atoms with van der Waals surface area (Å²) in [4.78, 5) is 25.4. The number of fused-ring (bicyclic) bond motifs is 1. The van der Waals surface area contributed by atoms with Gasteiger partial charge in [0.25, 0.3) is 5.91 Å². The van der Waals surface area contributed by atoms with Crippen molar-refractivity contribution in [2.45, 2.75) is 33.2 Å². The summed E-state index contributed by atoms with van der Waals surface area (Å²) >= 11 is 1.69. The van der Waals surface area contributed by atoms with Crippen LogP contribution in [-0.4, -0.2) is 58.9 Å². The van der Waals surface area contributed by atoms with Crippen molar-refractivity contribution in [2.75, 3.05) is 38.2 Å². The molecule has 1 saturated heterocycles. The lowest BCUT2D eigenvalue weighted by atomic mass is 10.1. The molecule has 0 N–H and O–H groups in total. The summed E-state index contributed by atoms with van der Waals surface area (Å²) in [6.07, 6.45) is 2.70. The van der Waals surface area contributed by atoms with Crippen molar-refractivity contribution in [3.05, 3.63) is 59.1 Å². The van der Waals surface area contributed by atoms with Gasteiger partial charge in [-0.3, -0.25) is 4.79 Å². The predicted octanol–water partition coefficient (Wildman–Crippen LogP) is 5.41. The second-order valence-corrected chi connectivity index (χ2v) is 10.5. The van der Waals surface area contributed by atoms with E-state index in [0.717, 1.165) is 59.1 Å². The zero-order valence-corrected chi connectivity index (χ0v) is 21.5. The Bertz CT molecular complexity index is 1340. The maximum Gasteiger partial charge on any atom is 0.254 e. The average molecular weight is 490 g/mol. The fourth-order valence-electron chi connectivity index (χ4n) is 4.61. The van der Waals surface area contributed by atoms with Gasteiger partial charge in [-0.05, 0) is 69.7 Å². The van der Waals surface area contributed by atoms with Crippen LogP contribution in [0.5, 0.6) is 5.75 Å². The molecule has 0 saturated carbocycles. The molecule has 0 bridgehead atoms. The van der Waals surface area contributed by atoms with Crippen molar-refractivity contribution in [1.29, 1.82) is 0 Å². The van der Waals surface area contributed by atoms with Crippen LogP contribution in [0.1, 0.15) is 41.5 Å². The van der Waals surface area contributed by atoms with Crippen molar-refractivity contribution >= 4 is 34.0 Å². The predicted molar refractivity (Wildman–Crippen MR) is 142 cm³/mol. The monoisotopic (exact) mass is 489 g/mol. The maximum atomic E-state index is 13.9. The molecule has 4 heterocycles. The first kappa shape index (κ1) is 23.4. The van der Waals surface area contributed by atoms with Crippen LogP contribution in [0.3, 0.4) is 0 Å². The smallest absolute Gasteiger partial charge is 0.254 e. The second-order valence-electron chi connectivity index (χ2n) is 9.22. The molecule has 3 aromatic heterocycles. The number of amides is 1. The van der Waals surface area contributed by atoms with Gasteiger partial charge in [-0.15, -0.1) is 11.3 Å². The lowest BCUT2D eigenvalue weighted by Gasteiger charge is -2.24. The first-order chi connectivity index (χ1) is 16.9. The number of carbonyl (C=O) groups is 1. The van der Waals surface area contributed by atoms with Gasteiger partial charge in [-0.25, -0.2) is 9.67 Å². The van der Waals surface area contributed by atoms with Crippen molar-refractivity contribution in [3.8, 4) is 16.3 Å². The molecule has 8 heteroatoms. The number of pyridine rings is 1. The van der Waals surface area contributed by atoms with Crippen molar-refractivity contribution in [2.24, 2.45) is 0 Å². The Morgan fingerprint density at radius 1 is 1.06 bits per heavy atom. The number of anilines is 1. The van der Waals surface area contributed by atoms with Gasteiger partial charge in [0, 0.05) is 42.8 Å². The van der Waals surface area contributed by atoms with Crippen LogP contribution >= 0.6 is 11.3 Å². The number of aryl methyl sites for hydroxylation is 1. The standard InChI is InChI=1S/C27H31N5O2S/c1-18(2)32-26-23(17-28-32)22(16-24(29-26)25-11-6-19(3)35-25)27(33)31-13-5-12-30(14-15-31)20-7-9-21(34-4)10-8-20/h6-11,16-18H,5,12-15H2,1-4H3. The Kier molecular flexibility index (Phi) is 6.47. The number of aromatic nitrogens is 3. The fourth-order valence-corrected chi connectivity index (χ4v) is 5.44. The molecule has 1 aliphatic heterocycles. The number of hydrogen-bond acceptors (Lipinski definition) is 6. The Morgan fingerprint density at radius 3 is 2.54 bits per heavy atom. The van der Waals surface area contributed by atoms with Gasteiger partial charge in [-0.1, -0.05) is 0 Å². The van der Waals surface area contributed by atoms with Gasteiger partial charge in [0.05, 0.1) is 34.8 Å². The van der Waals surface area contributed by atoms with E-state index >= 15 is 0 Å². The minimum atomic E-state index is 0.0480. The number of rotatable bonds is 5. The number of nitrogens with zero attached hydrogens (tertiary/aromatic N) is 5. The molecule has 1 aliphatic rings. The van der Waals surface area contributed by atoms with Crippen LogP contribution in [0.15, 0.2) is 48.7 Å². The highest BCUT2D eigenvalue weighted by atomic mass is 32.1. The molecule has 4 aromatic rings. The van der Waals surface area contributed by atoms with E-state index in [-0.39, 0.29) is 11.9 Å². The molecule has 1 aromatic carbocycles. The Morgan fingerprint density at radius 2 is 1.86 bits per heavy atom. The Labute approximate surface area is 209 Å². The Hall–Kier alpha value is -3.39. The van der Waals surface area contributed by atoms with Crippen LogP contribution in [-0.2, 0) is 0 Å². The quantitative estimate of drug-likeness (QED) is 0.375. The first-order valence-electron chi connectivity index (χ1n) is 12.1. The van der Waals surface area contributed by atoms with Gasteiger partial charge < -0.3 is 14.5 Å². The topological polar surface area (TPSA) is 63.5 Å². The summed E-state index contributed by atoms with van der Waals surface area (Å²) in [5.74, 6) is 0.896. The van der Waals surface area contributed by atoms with Crippen LogP contribution in [0.4, 0.5) is 5.69 Å². The summed E-state index contributed by atoms with van der Waals surface area (Å²) in [7, 11) is 1.68. The van der Waals surface area contributed by atoms with E-state index in [0.29, 0.717) is 12.1 Å². The van der Waals surface area contributed by atoms with Gasteiger partial charge >= 0.3 is 0 Å². The average Bonchev–Trinajstić information content (AvgIpc) is 3.42. The van der Waals surface area contributed by atoms with Gasteiger partial charge in [0.2, 0.25) is 0 Å². The van der Waals surface area contributed by atoms with Gasteiger partial charge in [0.1, 0.15) is 5.75 Å². The molecule has 0 spiro atoms. The van der Waals surface area contributed by atoms with Crippen LogP contribution in [0.2, 0.25) is 0 Å². The van der Waals surface area contributed by atoms with E-state index in [2.05, 4.69) is 55.0 Å². The third-order valence-corrected chi connectivity index (χ3v) is 7.52. The van der Waals surface area contributed by atoms with Crippen LogP contribution in [0, 0.1) is 6.92 Å². The van der Waals surface area contributed by atoms with Crippen molar-refractivity contribution in [1.82, 2.24) is 19.7 Å². The molecule has 1 amide bonds. The molecule has 0 atom stereocenters. The van der Waals surface area contributed by atoms with Crippen LogP contribution < -0.4 is 9.64 Å². The number of benzene rings is 1. The van der Waals surface area contributed by atoms with Crippen molar-refractivity contribution in [3.63, 3.8) is 0 Å². The highest BCUT2D eigenvalue weighted by Gasteiger charge is 2.25. The maximum absolute atomic E-state index is 13.9. The number of ether oxygens (including phenoxy) is 1. The first-order valence-corrected chi connectivity index (χ1v) is 12.9. The van der Waals surface area contributed by atoms with Crippen LogP contribution in [0.25, 0.3) is 21.6 Å². The molecule has 0 aliphatic carbocycles. The number of methoxy groups -OCH3 is 1. The number of carbonyl (C=O) groups excluding carboxylic acids is 1. The summed E-state index contributed by atoms with van der Waals surface area (Å²) in [5, 5.41) is 5.39. The fraction of sp³-hybridized carbons (Fsp3) is 0.370. The Balaban J connectivity index is 1.45. The third kappa shape index (κ3) is 4.62. The molecule has 182 valence electrons. The number of thiophene rings is 1. The number of hydrogen-bond donors (Lipinski definition) is 0. The molecular weight excluding hydrogens is 458 g/mol. The zero-order chi connectivity index (χ0) is 24.5. The second kappa shape index (κ2) is 9.70. The van der Waals surface area contributed by atoms with E-state index in [4.69, 9.17) is 9.72 Å². The van der Waals surface area contributed by atoms with Gasteiger partial charge in [0.15, 0.2) is 5.65 Å². The molecule has 0 unspecified atom stereocenters. The normalized spacial score (nSPS) is 14.5. The highest BCUT2D eigenvalue weighted by molar-refractivity contribution is 7.15. The summed E-state index contributed by atoms with van der Waals surface area (Å²) in [6, 6.07) is 14.4.